The summed E-state index contributed by atoms with van der Waals surface area (Å²) in [4.78, 5) is 24.2. The van der Waals surface area contributed by atoms with Gasteiger partial charge in [-0.2, -0.15) is 18.3 Å². The number of benzene rings is 3. The van der Waals surface area contributed by atoms with E-state index >= 15 is 0 Å². The maximum absolute atomic E-state index is 12.9. The highest BCUT2D eigenvalue weighted by atomic mass is 79.9. The van der Waals surface area contributed by atoms with Crippen LogP contribution in [0.1, 0.15) is 23.6 Å². The van der Waals surface area contributed by atoms with Crippen LogP contribution in [0.4, 0.5) is 18.9 Å². The van der Waals surface area contributed by atoms with E-state index < -0.39 is 23.6 Å². The lowest BCUT2D eigenvalue weighted by Crippen LogP contribution is -2.32. The number of hydrogen-bond acceptors (Lipinski definition) is 5. The van der Waals surface area contributed by atoms with Crippen LogP contribution < -0.4 is 20.2 Å². The summed E-state index contributed by atoms with van der Waals surface area (Å²) in [5.41, 5.74) is 1.98. The summed E-state index contributed by atoms with van der Waals surface area (Å²) in [5, 5.41) is 6.20. The zero-order valence-electron chi connectivity index (χ0n) is 19.5. The molecule has 3 rings (SSSR count). The molecule has 38 heavy (non-hydrogen) atoms. The SMILES string of the molecule is CCOc1cc(C=NNC(=O)C(=O)Nc2cc(C(F)(F)F)ccc2Cl)cc(Br)c1OCc1ccc(Cl)cc1. The summed E-state index contributed by atoms with van der Waals surface area (Å²) in [6, 6.07) is 12.8. The quantitative estimate of drug-likeness (QED) is 0.162. The van der Waals surface area contributed by atoms with Gasteiger partial charge in [0.05, 0.1) is 33.6 Å². The first-order chi connectivity index (χ1) is 18.0. The molecular weight excluding hydrogens is 614 g/mol. The first kappa shape index (κ1) is 29.3. The maximum Gasteiger partial charge on any atom is 0.416 e. The molecule has 0 unspecified atom stereocenters. The molecule has 0 spiro atoms. The summed E-state index contributed by atoms with van der Waals surface area (Å²) in [6.45, 7) is 2.40. The Bertz CT molecular complexity index is 1350. The third-order valence-corrected chi connectivity index (χ3v) is 5.93. The third kappa shape index (κ3) is 8.11. The van der Waals surface area contributed by atoms with E-state index in [1.165, 1.54) is 6.21 Å². The molecule has 3 aromatic rings. The molecule has 0 fully saturated rings. The van der Waals surface area contributed by atoms with Crippen LogP contribution in [0, 0.1) is 0 Å². The molecule has 2 amide bonds. The molecule has 0 saturated heterocycles. The van der Waals surface area contributed by atoms with Crippen molar-refractivity contribution in [2.45, 2.75) is 19.7 Å². The lowest BCUT2D eigenvalue weighted by Gasteiger charge is -2.14. The number of nitrogens with one attached hydrogen (secondary N) is 2. The predicted molar refractivity (Wildman–Crippen MR) is 142 cm³/mol. The fourth-order valence-electron chi connectivity index (χ4n) is 2.99. The molecule has 0 atom stereocenters. The molecule has 0 saturated carbocycles. The predicted octanol–water partition coefficient (Wildman–Crippen LogP) is 6.84. The molecule has 2 N–H and O–H groups in total. The first-order valence-corrected chi connectivity index (χ1v) is 12.4. The minimum absolute atomic E-state index is 0.172. The number of carbonyl (C=O) groups excluding carboxylic acids is 2. The van der Waals surface area contributed by atoms with Crippen molar-refractivity contribution < 1.29 is 32.2 Å². The normalized spacial score (nSPS) is 11.3. The topological polar surface area (TPSA) is 89.0 Å². The Morgan fingerprint density at radius 2 is 1.74 bits per heavy atom. The van der Waals surface area contributed by atoms with Gasteiger partial charge in [-0.15, -0.1) is 0 Å². The number of anilines is 1. The van der Waals surface area contributed by atoms with Crippen molar-refractivity contribution in [3.63, 3.8) is 0 Å². The van der Waals surface area contributed by atoms with Gasteiger partial charge in [0.2, 0.25) is 0 Å². The molecule has 200 valence electrons. The monoisotopic (exact) mass is 631 g/mol. The second-order valence-electron chi connectivity index (χ2n) is 7.52. The molecule has 7 nitrogen and oxygen atoms in total. The van der Waals surface area contributed by atoms with Gasteiger partial charge in [0.15, 0.2) is 11.5 Å². The average Bonchev–Trinajstić information content (AvgIpc) is 2.85. The number of nitrogens with zero attached hydrogens (tertiary/aromatic N) is 1. The van der Waals surface area contributed by atoms with E-state index in [1.54, 1.807) is 31.2 Å². The van der Waals surface area contributed by atoms with Gasteiger partial charge in [-0.1, -0.05) is 35.3 Å². The summed E-state index contributed by atoms with van der Waals surface area (Å²) in [7, 11) is 0. The maximum atomic E-state index is 12.9. The van der Waals surface area contributed by atoms with E-state index in [-0.39, 0.29) is 17.3 Å². The smallest absolute Gasteiger partial charge is 0.416 e. The Morgan fingerprint density at radius 3 is 2.39 bits per heavy atom. The number of ether oxygens (including phenoxy) is 2. The molecule has 13 heteroatoms. The molecule has 0 radical (unpaired) electrons. The number of hydrazone groups is 1. The van der Waals surface area contributed by atoms with E-state index in [0.29, 0.717) is 39.2 Å². The Morgan fingerprint density at radius 1 is 1.03 bits per heavy atom. The Kier molecular flexibility index (Phi) is 10.0. The van der Waals surface area contributed by atoms with Crippen molar-refractivity contribution in [3.05, 3.63) is 85.8 Å². The zero-order valence-corrected chi connectivity index (χ0v) is 22.6. The molecule has 0 aliphatic carbocycles. The molecule has 0 aliphatic heterocycles. The van der Waals surface area contributed by atoms with Crippen molar-refractivity contribution >= 4 is 62.8 Å². The number of halogens is 6. The number of alkyl halides is 3. The van der Waals surface area contributed by atoms with E-state index in [4.69, 9.17) is 32.7 Å². The molecule has 0 heterocycles. The first-order valence-electron chi connectivity index (χ1n) is 10.8. The fourth-order valence-corrected chi connectivity index (χ4v) is 3.86. The number of rotatable bonds is 8. The van der Waals surface area contributed by atoms with E-state index in [2.05, 4.69) is 21.0 Å². The standard InChI is InChI=1S/C25H19BrCl2F3N3O4/c1-2-37-21-10-15(9-18(26)22(21)38-13-14-3-6-17(27)7-4-14)12-32-34-24(36)23(35)33-20-11-16(25(29,30)31)5-8-19(20)28/h3-12H,2,13H2,1H3,(H,33,35)(H,34,36). The second-order valence-corrected chi connectivity index (χ2v) is 9.22. The highest BCUT2D eigenvalue weighted by molar-refractivity contribution is 9.10. The van der Waals surface area contributed by atoms with Crippen LogP contribution in [-0.2, 0) is 22.4 Å². The van der Waals surface area contributed by atoms with Gasteiger partial charge in [0.1, 0.15) is 6.61 Å². The van der Waals surface area contributed by atoms with Crippen molar-refractivity contribution in [2.24, 2.45) is 5.10 Å². The van der Waals surface area contributed by atoms with Gasteiger partial charge < -0.3 is 14.8 Å². The number of hydrogen-bond donors (Lipinski definition) is 2. The van der Waals surface area contributed by atoms with Gasteiger partial charge in [0.25, 0.3) is 0 Å². The lowest BCUT2D eigenvalue weighted by atomic mass is 10.2. The fraction of sp³-hybridized carbons (Fsp3) is 0.160. The number of amides is 2. The molecule has 0 aromatic heterocycles. The summed E-state index contributed by atoms with van der Waals surface area (Å²) < 4.78 is 50.8. The van der Waals surface area contributed by atoms with E-state index in [9.17, 15) is 22.8 Å². The average molecular weight is 633 g/mol. The Balaban J connectivity index is 1.66. The van der Waals surface area contributed by atoms with E-state index in [0.717, 1.165) is 17.7 Å². The molecule has 3 aromatic carbocycles. The second kappa shape index (κ2) is 13.0. The molecular formula is C25H19BrCl2F3N3O4. The summed E-state index contributed by atoms with van der Waals surface area (Å²) in [5.74, 6) is -1.63. The molecule has 0 aliphatic rings. The van der Waals surface area contributed by atoms with Crippen molar-refractivity contribution in [1.29, 1.82) is 0 Å². The largest absolute Gasteiger partial charge is 0.490 e. The highest BCUT2D eigenvalue weighted by Crippen LogP contribution is 2.37. The van der Waals surface area contributed by atoms with Crippen LogP contribution in [0.15, 0.2) is 64.2 Å². The van der Waals surface area contributed by atoms with Crippen LogP contribution in [0.3, 0.4) is 0 Å². The van der Waals surface area contributed by atoms with Gasteiger partial charge >= 0.3 is 18.0 Å². The van der Waals surface area contributed by atoms with Crippen LogP contribution in [0.2, 0.25) is 10.0 Å². The van der Waals surface area contributed by atoms with Crippen LogP contribution in [0.25, 0.3) is 0 Å². The molecule has 0 bridgehead atoms. The Labute approximate surface area is 234 Å². The van der Waals surface area contributed by atoms with Crippen molar-refractivity contribution in [1.82, 2.24) is 5.43 Å². The lowest BCUT2D eigenvalue weighted by molar-refractivity contribution is -0.137. The minimum atomic E-state index is -4.65. The summed E-state index contributed by atoms with van der Waals surface area (Å²) >= 11 is 15.2. The van der Waals surface area contributed by atoms with Gasteiger partial charge in [-0.3, -0.25) is 9.59 Å². The van der Waals surface area contributed by atoms with Crippen LogP contribution >= 0.6 is 39.1 Å². The Hall–Kier alpha value is -3.28. The number of carbonyl (C=O) groups is 2. The van der Waals surface area contributed by atoms with Crippen LogP contribution in [0.5, 0.6) is 11.5 Å². The van der Waals surface area contributed by atoms with Gasteiger partial charge in [0, 0.05) is 5.02 Å². The van der Waals surface area contributed by atoms with Crippen molar-refractivity contribution in [3.8, 4) is 11.5 Å². The van der Waals surface area contributed by atoms with Crippen LogP contribution in [-0.4, -0.2) is 24.6 Å². The van der Waals surface area contributed by atoms with Gasteiger partial charge in [-0.25, -0.2) is 5.43 Å². The highest BCUT2D eigenvalue weighted by Gasteiger charge is 2.31. The van der Waals surface area contributed by atoms with Gasteiger partial charge in [-0.05, 0) is 76.4 Å². The van der Waals surface area contributed by atoms with E-state index in [1.807, 2.05) is 22.9 Å². The minimum Gasteiger partial charge on any atom is -0.490 e. The van der Waals surface area contributed by atoms with Crippen molar-refractivity contribution in [2.75, 3.05) is 11.9 Å². The third-order valence-electron chi connectivity index (χ3n) is 4.76. The summed E-state index contributed by atoms with van der Waals surface area (Å²) in [6.07, 6.45) is -3.40. The zero-order chi connectivity index (χ0) is 27.9.